The Morgan fingerprint density at radius 3 is 2.14 bits per heavy atom. The second kappa shape index (κ2) is 10.2. The van der Waals surface area contributed by atoms with E-state index in [0.717, 1.165) is 11.2 Å². The van der Waals surface area contributed by atoms with Gasteiger partial charge >= 0.3 is 0 Å². The van der Waals surface area contributed by atoms with E-state index in [0.29, 0.717) is 0 Å². The number of thiophene rings is 1. The number of rotatable bonds is 2. The standard InChI is InChI=1S/C48H33NOS/c1-8-22-48(23-9-1)40-13-5-2-10-32(40)37-28-45-39(27-41(37)48)38-24-29(17-21-44(38)50-45)30-16-19-34-33-11-3-6-14-42(33)49(43(34)25-30)31-18-20-36-35-12-4-7-15-46(35)51-47(36)26-31/h2-7,10-21,24-28H,1,8-9,22-23H2. The lowest BCUT2D eigenvalue weighted by Crippen LogP contribution is -2.27. The summed E-state index contributed by atoms with van der Waals surface area (Å²) in [6.07, 6.45) is 6.38. The smallest absolute Gasteiger partial charge is 0.136 e. The molecule has 2 aliphatic carbocycles. The molecular weight excluding hydrogens is 639 g/mol. The maximum atomic E-state index is 6.60. The van der Waals surface area contributed by atoms with Crippen LogP contribution in [0.3, 0.4) is 0 Å². The minimum Gasteiger partial charge on any atom is -0.456 e. The molecule has 0 atom stereocenters. The highest BCUT2D eigenvalue weighted by Crippen LogP contribution is 2.57. The molecule has 0 saturated heterocycles. The number of fused-ring (bicyclic) bond motifs is 14. The first-order chi connectivity index (χ1) is 25.2. The summed E-state index contributed by atoms with van der Waals surface area (Å²) in [6.45, 7) is 0. The highest BCUT2D eigenvalue weighted by Gasteiger charge is 2.44. The monoisotopic (exact) mass is 671 g/mol. The lowest BCUT2D eigenvalue weighted by atomic mass is 9.68. The predicted octanol–water partition coefficient (Wildman–Crippen LogP) is 13.9. The van der Waals surface area contributed by atoms with Gasteiger partial charge in [0.2, 0.25) is 0 Å². The van der Waals surface area contributed by atoms with Crippen molar-refractivity contribution in [3.05, 3.63) is 151 Å². The summed E-state index contributed by atoms with van der Waals surface area (Å²) < 4.78 is 11.7. The van der Waals surface area contributed by atoms with E-state index in [1.165, 1.54) is 124 Å². The quantitative estimate of drug-likeness (QED) is 0.179. The van der Waals surface area contributed by atoms with Crippen molar-refractivity contribution in [1.82, 2.24) is 4.57 Å². The van der Waals surface area contributed by atoms with Gasteiger partial charge in [-0.25, -0.2) is 0 Å². The summed E-state index contributed by atoms with van der Waals surface area (Å²) in [5.74, 6) is 0. The van der Waals surface area contributed by atoms with Gasteiger partial charge in [0, 0.05) is 52.8 Å². The predicted molar refractivity (Wildman–Crippen MR) is 216 cm³/mol. The molecule has 0 aliphatic heterocycles. The number of hydrogen-bond acceptors (Lipinski definition) is 2. The number of furan rings is 1. The molecule has 0 amide bonds. The highest BCUT2D eigenvalue weighted by molar-refractivity contribution is 7.25. The van der Waals surface area contributed by atoms with Crippen molar-refractivity contribution in [3.8, 4) is 27.9 Å². The lowest BCUT2D eigenvalue weighted by Gasteiger charge is -2.35. The fourth-order valence-electron chi connectivity index (χ4n) is 9.88. The largest absolute Gasteiger partial charge is 0.456 e. The van der Waals surface area contributed by atoms with Crippen LogP contribution >= 0.6 is 11.3 Å². The summed E-state index contributed by atoms with van der Waals surface area (Å²) in [5, 5.41) is 7.63. The molecule has 0 bridgehead atoms. The molecule has 1 fully saturated rings. The van der Waals surface area contributed by atoms with Crippen LogP contribution in [0.1, 0.15) is 43.2 Å². The molecular formula is C48H33NOS. The van der Waals surface area contributed by atoms with Crippen molar-refractivity contribution in [2.75, 3.05) is 0 Å². The van der Waals surface area contributed by atoms with E-state index < -0.39 is 0 Å². The maximum absolute atomic E-state index is 6.60. The molecule has 10 aromatic rings. The van der Waals surface area contributed by atoms with Gasteiger partial charge in [0.25, 0.3) is 0 Å². The third-order valence-electron chi connectivity index (χ3n) is 12.2. The molecule has 3 aromatic heterocycles. The minimum absolute atomic E-state index is 0.122. The van der Waals surface area contributed by atoms with Crippen LogP contribution in [0.4, 0.5) is 0 Å². The van der Waals surface area contributed by atoms with Crippen LogP contribution in [0.25, 0.3) is 91.9 Å². The van der Waals surface area contributed by atoms with Crippen LogP contribution in [-0.2, 0) is 5.41 Å². The number of benzene rings is 7. The van der Waals surface area contributed by atoms with E-state index in [2.05, 4.69) is 144 Å². The van der Waals surface area contributed by atoms with Crippen LogP contribution < -0.4 is 0 Å². The lowest BCUT2D eigenvalue weighted by molar-refractivity contribution is 0.353. The van der Waals surface area contributed by atoms with Crippen LogP contribution in [0.5, 0.6) is 0 Å². The Kier molecular flexibility index (Phi) is 5.63. The Hall–Kier alpha value is -5.64. The molecule has 1 saturated carbocycles. The van der Waals surface area contributed by atoms with Crippen molar-refractivity contribution in [2.45, 2.75) is 37.5 Å². The van der Waals surface area contributed by atoms with E-state index in [4.69, 9.17) is 4.42 Å². The Morgan fingerprint density at radius 1 is 0.471 bits per heavy atom. The van der Waals surface area contributed by atoms with Gasteiger partial charge in [0.15, 0.2) is 0 Å². The third kappa shape index (κ3) is 3.82. The van der Waals surface area contributed by atoms with Gasteiger partial charge in [0.05, 0.1) is 11.0 Å². The van der Waals surface area contributed by atoms with E-state index in [-0.39, 0.29) is 5.41 Å². The van der Waals surface area contributed by atoms with E-state index >= 15 is 0 Å². The normalized spacial score (nSPS) is 15.2. The Labute approximate surface area is 299 Å². The molecule has 0 N–H and O–H groups in total. The van der Waals surface area contributed by atoms with Crippen LogP contribution in [-0.4, -0.2) is 4.57 Å². The van der Waals surface area contributed by atoms with Gasteiger partial charge in [-0.3, -0.25) is 0 Å². The number of nitrogens with zero attached hydrogens (tertiary/aromatic N) is 1. The van der Waals surface area contributed by atoms with E-state index in [9.17, 15) is 0 Å². The maximum Gasteiger partial charge on any atom is 0.136 e. The van der Waals surface area contributed by atoms with Gasteiger partial charge < -0.3 is 8.98 Å². The summed E-state index contributed by atoms with van der Waals surface area (Å²) >= 11 is 1.88. The SMILES string of the molecule is c1ccc2c(c1)-c1cc3oc4ccc(-c5ccc6c7ccccc7n(-c7ccc8c(c7)sc7ccccc78)c6c5)cc4c3cc1C21CCCCC1. The number of aromatic nitrogens is 1. The molecule has 7 aromatic carbocycles. The fraction of sp³-hybridized carbons (Fsp3) is 0.125. The van der Waals surface area contributed by atoms with Crippen molar-refractivity contribution >= 4 is 75.3 Å². The zero-order valence-electron chi connectivity index (χ0n) is 28.1. The zero-order chi connectivity index (χ0) is 33.3. The van der Waals surface area contributed by atoms with Gasteiger partial charge in [-0.1, -0.05) is 104 Å². The van der Waals surface area contributed by atoms with Gasteiger partial charge in [-0.05, 0) is 101 Å². The van der Waals surface area contributed by atoms with Crippen molar-refractivity contribution in [1.29, 1.82) is 0 Å². The topological polar surface area (TPSA) is 18.1 Å². The van der Waals surface area contributed by atoms with Crippen molar-refractivity contribution in [3.63, 3.8) is 0 Å². The molecule has 0 radical (unpaired) electrons. The molecule has 12 rings (SSSR count). The summed E-state index contributed by atoms with van der Waals surface area (Å²) in [6, 6.07) is 52.2. The van der Waals surface area contributed by atoms with Gasteiger partial charge in [-0.15, -0.1) is 11.3 Å². The second-order valence-electron chi connectivity index (χ2n) is 14.8. The highest BCUT2D eigenvalue weighted by atomic mass is 32.1. The Bertz CT molecular complexity index is 3070. The van der Waals surface area contributed by atoms with Crippen LogP contribution in [0.15, 0.2) is 144 Å². The summed E-state index contributed by atoms with van der Waals surface area (Å²) in [7, 11) is 0. The molecule has 242 valence electrons. The molecule has 3 heteroatoms. The first kappa shape index (κ1) is 28.1. The summed E-state index contributed by atoms with van der Waals surface area (Å²) in [4.78, 5) is 0. The first-order valence-electron chi connectivity index (χ1n) is 18.3. The Morgan fingerprint density at radius 2 is 1.20 bits per heavy atom. The van der Waals surface area contributed by atoms with Crippen LogP contribution in [0.2, 0.25) is 0 Å². The average molecular weight is 672 g/mol. The molecule has 1 spiro atoms. The van der Waals surface area contributed by atoms with E-state index in [1.54, 1.807) is 0 Å². The molecule has 2 aliphatic rings. The Balaban J connectivity index is 1.04. The van der Waals surface area contributed by atoms with E-state index in [1.807, 2.05) is 11.3 Å². The number of hydrogen-bond donors (Lipinski definition) is 0. The van der Waals surface area contributed by atoms with Gasteiger partial charge in [0.1, 0.15) is 11.2 Å². The van der Waals surface area contributed by atoms with Crippen molar-refractivity contribution < 1.29 is 4.42 Å². The average Bonchev–Trinajstić information content (AvgIpc) is 3.91. The van der Waals surface area contributed by atoms with Crippen molar-refractivity contribution in [2.24, 2.45) is 0 Å². The number of para-hydroxylation sites is 1. The minimum atomic E-state index is 0.122. The third-order valence-corrected chi connectivity index (χ3v) is 13.3. The second-order valence-corrected chi connectivity index (χ2v) is 15.8. The zero-order valence-corrected chi connectivity index (χ0v) is 28.9. The molecule has 0 unspecified atom stereocenters. The van der Waals surface area contributed by atoms with Gasteiger partial charge in [-0.2, -0.15) is 0 Å². The fourth-order valence-corrected chi connectivity index (χ4v) is 11.0. The first-order valence-corrected chi connectivity index (χ1v) is 19.1. The molecule has 51 heavy (non-hydrogen) atoms. The molecule has 2 nitrogen and oxygen atoms in total. The van der Waals surface area contributed by atoms with Crippen LogP contribution in [0, 0.1) is 0 Å². The summed E-state index contributed by atoms with van der Waals surface area (Å²) in [5.41, 5.74) is 13.9. The molecule has 3 heterocycles.